The van der Waals surface area contributed by atoms with Crippen molar-refractivity contribution in [3.63, 3.8) is 0 Å². The number of benzene rings is 1. The molecule has 0 fully saturated rings. The summed E-state index contributed by atoms with van der Waals surface area (Å²) < 4.78 is 18.4. The van der Waals surface area contributed by atoms with Crippen LogP contribution in [0.5, 0.6) is 0 Å². The highest BCUT2D eigenvalue weighted by atomic mass is 35.5. The molecule has 0 aliphatic rings. The van der Waals surface area contributed by atoms with Crippen molar-refractivity contribution < 1.29 is 18.7 Å². The normalized spacial score (nSPS) is 11.1. The lowest BCUT2D eigenvalue weighted by Crippen LogP contribution is -2.24. The molecule has 1 aromatic carbocycles. The van der Waals surface area contributed by atoms with Crippen LogP contribution >= 0.6 is 11.6 Å². The van der Waals surface area contributed by atoms with Gasteiger partial charge in [-0.05, 0) is 44.5 Å². The summed E-state index contributed by atoms with van der Waals surface area (Å²) in [6.45, 7) is 5.57. The largest absolute Gasteiger partial charge is 0.456 e. The molecule has 0 spiro atoms. The molecule has 0 bridgehead atoms. The van der Waals surface area contributed by atoms with E-state index in [-0.39, 0.29) is 17.3 Å². The summed E-state index contributed by atoms with van der Waals surface area (Å²) in [6, 6.07) is 7.66. The summed E-state index contributed by atoms with van der Waals surface area (Å²) >= 11 is 5.79. The summed E-state index contributed by atoms with van der Waals surface area (Å²) in [5.74, 6) is -1.59. The smallest absolute Gasteiger partial charge is 0.338 e. The Morgan fingerprint density at radius 3 is 2.48 bits per heavy atom. The number of carbonyl (C=O) groups excluding carboxylic acids is 2. The minimum atomic E-state index is -0.642. The molecule has 5 nitrogen and oxygen atoms in total. The van der Waals surface area contributed by atoms with Gasteiger partial charge in [0.2, 0.25) is 0 Å². The van der Waals surface area contributed by atoms with Gasteiger partial charge < -0.3 is 10.1 Å². The van der Waals surface area contributed by atoms with E-state index >= 15 is 0 Å². The summed E-state index contributed by atoms with van der Waals surface area (Å²) in [5.41, 5.74) is 0.581. The average Bonchev–Trinajstić information content (AvgIpc) is 2.53. The molecule has 132 valence electrons. The Labute approximate surface area is 150 Å². The maximum absolute atomic E-state index is 13.2. The third kappa shape index (κ3) is 5.53. The van der Waals surface area contributed by atoms with Crippen molar-refractivity contribution in [1.82, 2.24) is 10.3 Å². The number of halogens is 2. The fourth-order valence-corrected chi connectivity index (χ4v) is 2.14. The summed E-state index contributed by atoms with van der Waals surface area (Å²) in [7, 11) is 0. The molecule has 25 heavy (non-hydrogen) atoms. The highest BCUT2D eigenvalue weighted by molar-refractivity contribution is 6.32. The first kappa shape index (κ1) is 18.9. The lowest BCUT2D eigenvalue weighted by molar-refractivity contribution is 0.00694. The van der Waals surface area contributed by atoms with Crippen LogP contribution in [0.2, 0.25) is 5.15 Å². The predicted octanol–water partition coefficient (Wildman–Crippen LogP) is 3.76. The van der Waals surface area contributed by atoms with Crippen molar-refractivity contribution in [2.24, 2.45) is 0 Å². The number of nitrogens with zero attached hydrogens (tertiary/aromatic N) is 1. The van der Waals surface area contributed by atoms with Gasteiger partial charge in [0.1, 0.15) is 16.6 Å². The van der Waals surface area contributed by atoms with Crippen molar-refractivity contribution in [3.05, 3.63) is 64.2 Å². The number of nitrogens with one attached hydrogen (secondary N) is 1. The molecule has 7 heteroatoms. The topological polar surface area (TPSA) is 68.3 Å². The fraction of sp³-hybridized carbons (Fsp3) is 0.278. The van der Waals surface area contributed by atoms with Gasteiger partial charge >= 0.3 is 5.97 Å². The monoisotopic (exact) mass is 364 g/mol. The van der Waals surface area contributed by atoms with Crippen molar-refractivity contribution in [3.8, 4) is 0 Å². The lowest BCUT2D eigenvalue weighted by Gasteiger charge is -2.19. The third-order valence-corrected chi connectivity index (χ3v) is 3.39. The first-order valence-corrected chi connectivity index (χ1v) is 7.95. The molecule has 0 unspecified atom stereocenters. The highest BCUT2D eigenvalue weighted by Crippen LogP contribution is 2.15. The molecule has 0 aliphatic carbocycles. The number of hydrogen-bond acceptors (Lipinski definition) is 4. The van der Waals surface area contributed by atoms with Gasteiger partial charge in [-0.25, -0.2) is 14.2 Å². The molecule has 1 amide bonds. The first-order chi connectivity index (χ1) is 11.7. The molecule has 1 N–H and O–H groups in total. The average molecular weight is 365 g/mol. The standard InChI is InChI=1S/C18H18ClFN2O3/c1-18(2,3)25-17(24)12-6-4-11(5-7-12)9-22-16(23)14-8-13(20)10-21-15(14)19/h4-8,10H,9H2,1-3H3,(H,22,23). The van der Waals surface area contributed by atoms with Crippen LogP contribution < -0.4 is 5.32 Å². The van der Waals surface area contributed by atoms with Crippen LogP contribution in [0.3, 0.4) is 0 Å². The van der Waals surface area contributed by atoms with E-state index in [0.717, 1.165) is 17.8 Å². The summed E-state index contributed by atoms with van der Waals surface area (Å²) in [5, 5.41) is 2.55. The van der Waals surface area contributed by atoms with Gasteiger partial charge in [-0.1, -0.05) is 23.7 Å². The van der Waals surface area contributed by atoms with Crippen molar-refractivity contribution in [2.45, 2.75) is 32.9 Å². The quantitative estimate of drug-likeness (QED) is 0.662. The molecule has 0 saturated heterocycles. The fourth-order valence-electron chi connectivity index (χ4n) is 1.96. The maximum atomic E-state index is 13.2. The minimum Gasteiger partial charge on any atom is -0.456 e. The first-order valence-electron chi connectivity index (χ1n) is 7.57. The molecule has 0 aliphatic heterocycles. The van der Waals surface area contributed by atoms with E-state index < -0.39 is 23.3 Å². The lowest BCUT2D eigenvalue weighted by atomic mass is 10.1. The Morgan fingerprint density at radius 2 is 1.88 bits per heavy atom. The van der Waals surface area contributed by atoms with E-state index in [2.05, 4.69) is 10.3 Å². The zero-order valence-corrected chi connectivity index (χ0v) is 14.9. The molecular formula is C18H18ClFN2O3. The molecule has 1 aromatic heterocycles. The number of esters is 1. The molecule has 2 aromatic rings. The number of ether oxygens (including phenoxy) is 1. The zero-order chi connectivity index (χ0) is 18.6. The molecule has 1 heterocycles. The van der Waals surface area contributed by atoms with E-state index in [0.29, 0.717) is 5.56 Å². The third-order valence-electron chi connectivity index (χ3n) is 3.09. The van der Waals surface area contributed by atoms with Crippen LogP contribution in [0.1, 0.15) is 47.1 Å². The van der Waals surface area contributed by atoms with E-state index in [1.165, 1.54) is 0 Å². The van der Waals surface area contributed by atoms with Crippen LogP contribution in [0.25, 0.3) is 0 Å². The summed E-state index contributed by atoms with van der Waals surface area (Å²) in [6.07, 6.45) is 0.939. The molecular weight excluding hydrogens is 347 g/mol. The maximum Gasteiger partial charge on any atom is 0.338 e. The van der Waals surface area contributed by atoms with Crippen LogP contribution in [0.4, 0.5) is 4.39 Å². The van der Waals surface area contributed by atoms with Gasteiger partial charge in [-0.15, -0.1) is 0 Å². The van der Waals surface area contributed by atoms with Crippen molar-refractivity contribution >= 4 is 23.5 Å². The van der Waals surface area contributed by atoms with E-state index in [1.807, 2.05) is 0 Å². The van der Waals surface area contributed by atoms with Gasteiger partial charge in [0.25, 0.3) is 5.91 Å². The Morgan fingerprint density at radius 1 is 1.24 bits per heavy atom. The van der Waals surface area contributed by atoms with Crippen LogP contribution in [-0.2, 0) is 11.3 Å². The number of aromatic nitrogens is 1. The van der Waals surface area contributed by atoms with Crippen LogP contribution in [0, 0.1) is 5.82 Å². The second-order valence-electron chi connectivity index (χ2n) is 6.37. The Balaban J connectivity index is 1.99. The number of carbonyl (C=O) groups is 2. The Bertz CT molecular complexity index is 786. The Kier molecular flexibility index (Phi) is 5.74. The zero-order valence-electron chi connectivity index (χ0n) is 14.1. The molecule has 0 saturated carbocycles. The van der Waals surface area contributed by atoms with Gasteiger partial charge in [0, 0.05) is 6.54 Å². The van der Waals surface area contributed by atoms with Gasteiger partial charge in [-0.3, -0.25) is 4.79 Å². The number of rotatable bonds is 4. The minimum absolute atomic E-state index is 0.0351. The van der Waals surface area contributed by atoms with Crippen LogP contribution in [0.15, 0.2) is 36.5 Å². The van der Waals surface area contributed by atoms with E-state index in [9.17, 15) is 14.0 Å². The van der Waals surface area contributed by atoms with Crippen LogP contribution in [-0.4, -0.2) is 22.5 Å². The molecule has 2 rings (SSSR count). The van der Waals surface area contributed by atoms with Gasteiger partial charge in [0.15, 0.2) is 0 Å². The van der Waals surface area contributed by atoms with E-state index in [1.54, 1.807) is 45.0 Å². The number of pyridine rings is 1. The number of amides is 1. The Hall–Kier alpha value is -2.47. The van der Waals surface area contributed by atoms with Crippen molar-refractivity contribution in [1.29, 1.82) is 0 Å². The SMILES string of the molecule is CC(C)(C)OC(=O)c1ccc(CNC(=O)c2cc(F)cnc2Cl)cc1. The van der Waals surface area contributed by atoms with Gasteiger partial charge in [-0.2, -0.15) is 0 Å². The summed E-state index contributed by atoms with van der Waals surface area (Å²) in [4.78, 5) is 27.6. The predicted molar refractivity (Wildman–Crippen MR) is 92.0 cm³/mol. The highest BCUT2D eigenvalue weighted by Gasteiger charge is 2.18. The van der Waals surface area contributed by atoms with Gasteiger partial charge in [0.05, 0.1) is 17.3 Å². The second-order valence-corrected chi connectivity index (χ2v) is 6.73. The molecule has 0 radical (unpaired) electrons. The van der Waals surface area contributed by atoms with E-state index in [4.69, 9.17) is 16.3 Å². The second kappa shape index (κ2) is 7.61. The number of hydrogen-bond donors (Lipinski definition) is 1. The molecule has 0 atom stereocenters. The van der Waals surface area contributed by atoms with Crippen molar-refractivity contribution in [2.75, 3.05) is 0 Å².